The molecule has 0 saturated heterocycles. The number of rotatable bonds is 0. The molecule has 0 aliphatic carbocycles. The Hall–Kier alpha value is -1.09. The molecule has 0 N–H and O–H groups in total. The number of hydrogen-bond donors (Lipinski definition) is 0. The first kappa shape index (κ1) is 6.43. The van der Waals surface area contributed by atoms with Crippen LogP contribution in [0.2, 0.25) is 0 Å². The summed E-state index contributed by atoms with van der Waals surface area (Å²) in [5.74, 6) is 1.07. The lowest BCUT2D eigenvalue weighted by molar-refractivity contribution is 1.31. The zero-order valence-electron chi connectivity index (χ0n) is 6.32. The molecular formula is C9H6N2S. The molecule has 2 heterocycles. The molecule has 0 unspecified atom stereocenters. The third-order valence-electron chi connectivity index (χ3n) is 2.06. The second-order valence-electron chi connectivity index (χ2n) is 2.74. The fourth-order valence-corrected chi connectivity index (χ4v) is 2.52. The Balaban J connectivity index is 2.50. The summed E-state index contributed by atoms with van der Waals surface area (Å²) in [7, 11) is 0. The number of fused-ring (bicyclic) bond motifs is 3. The van der Waals surface area contributed by atoms with Crippen molar-refractivity contribution in [3.8, 4) is 0 Å². The van der Waals surface area contributed by atoms with Crippen LogP contribution in [0.5, 0.6) is 0 Å². The van der Waals surface area contributed by atoms with Gasteiger partial charge in [0.05, 0.1) is 5.36 Å². The highest BCUT2D eigenvalue weighted by Crippen LogP contribution is 2.27. The van der Waals surface area contributed by atoms with E-state index in [1.54, 1.807) is 6.34 Å². The molecule has 0 bridgehead atoms. The first-order valence-electron chi connectivity index (χ1n) is 3.81. The van der Waals surface area contributed by atoms with Crippen molar-refractivity contribution in [2.45, 2.75) is 4.90 Å². The Morgan fingerprint density at radius 2 is 2.33 bits per heavy atom. The number of hydrogen-bond acceptors (Lipinski definition) is 3. The molecule has 12 heavy (non-hydrogen) atoms. The summed E-state index contributed by atoms with van der Waals surface area (Å²) in [6, 6.07) is 4.15. The van der Waals surface area contributed by atoms with Gasteiger partial charge in [-0.05, 0) is 11.3 Å². The quantitative estimate of drug-likeness (QED) is 0.572. The molecule has 2 nitrogen and oxygen atoms in total. The summed E-state index contributed by atoms with van der Waals surface area (Å²) >= 11 is 1.84. The normalized spacial score (nSPS) is 16.7. The third kappa shape index (κ3) is 0.716. The van der Waals surface area contributed by atoms with Gasteiger partial charge < -0.3 is 0 Å². The highest BCUT2D eigenvalue weighted by molar-refractivity contribution is 8.00. The lowest BCUT2D eigenvalue weighted by atomic mass is 10.2. The van der Waals surface area contributed by atoms with Gasteiger partial charge in [0.2, 0.25) is 0 Å². The Morgan fingerprint density at radius 1 is 1.33 bits per heavy atom. The number of benzene rings is 1. The summed E-state index contributed by atoms with van der Waals surface area (Å²) < 4.78 is 0. The smallest absolute Gasteiger partial charge is 0.116 e. The van der Waals surface area contributed by atoms with Crippen molar-refractivity contribution in [3.63, 3.8) is 0 Å². The largest absolute Gasteiger partial charge is 0.235 e. The molecular weight excluding hydrogens is 168 g/mol. The van der Waals surface area contributed by atoms with Gasteiger partial charge in [0.25, 0.3) is 0 Å². The first-order valence-corrected chi connectivity index (χ1v) is 4.80. The highest BCUT2D eigenvalue weighted by atomic mass is 32.2. The molecule has 0 spiro atoms. The van der Waals surface area contributed by atoms with Crippen LogP contribution >= 0.6 is 11.8 Å². The van der Waals surface area contributed by atoms with Gasteiger partial charge in [-0.2, -0.15) is 0 Å². The minimum Gasteiger partial charge on any atom is -0.235 e. The summed E-state index contributed by atoms with van der Waals surface area (Å²) in [5.41, 5.74) is 1.06. The van der Waals surface area contributed by atoms with E-state index in [0.717, 1.165) is 16.8 Å². The number of nitrogens with zero attached hydrogens (tertiary/aromatic N) is 2. The van der Waals surface area contributed by atoms with E-state index in [0.29, 0.717) is 0 Å². The zero-order chi connectivity index (χ0) is 7.97. The monoisotopic (exact) mass is 174 g/mol. The van der Waals surface area contributed by atoms with Crippen molar-refractivity contribution < 1.29 is 0 Å². The van der Waals surface area contributed by atoms with Crippen molar-refractivity contribution in [1.82, 2.24) is 0 Å². The summed E-state index contributed by atoms with van der Waals surface area (Å²) in [5, 5.41) is 2.32. The Kier molecular flexibility index (Phi) is 1.18. The molecule has 0 radical (unpaired) electrons. The van der Waals surface area contributed by atoms with Gasteiger partial charge in [-0.1, -0.05) is 12.1 Å². The molecule has 0 fully saturated rings. The van der Waals surface area contributed by atoms with Crippen LogP contribution in [0.4, 0.5) is 5.69 Å². The van der Waals surface area contributed by atoms with Crippen LogP contribution < -0.4 is 10.6 Å². The van der Waals surface area contributed by atoms with Gasteiger partial charge in [0, 0.05) is 10.6 Å². The van der Waals surface area contributed by atoms with Crippen LogP contribution in [0.3, 0.4) is 0 Å². The Morgan fingerprint density at radius 3 is 3.33 bits per heavy atom. The van der Waals surface area contributed by atoms with Gasteiger partial charge in [0.1, 0.15) is 12.0 Å². The van der Waals surface area contributed by atoms with E-state index in [4.69, 9.17) is 0 Å². The summed E-state index contributed by atoms with van der Waals surface area (Å²) in [6.45, 7) is 0. The third-order valence-corrected chi connectivity index (χ3v) is 3.11. The van der Waals surface area contributed by atoms with Gasteiger partial charge >= 0.3 is 0 Å². The van der Waals surface area contributed by atoms with E-state index in [9.17, 15) is 0 Å². The predicted molar refractivity (Wildman–Crippen MR) is 50.6 cm³/mol. The van der Waals surface area contributed by atoms with Crippen molar-refractivity contribution in [3.05, 3.63) is 22.7 Å². The minimum atomic E-state index is 1.01. The van der Waals surface area contributed by atoms with Gasteiger partial charge in [-0.25, -0.2) is 9.98 Å². The lowest BCUT2D eigenvalue weighted by Crippen LogP contribution is -2.08. The molecule has 0 saturated carbocycles. The second-order valence-corrected chi connectivity index (χ2v) is 3.77. The van der Waals surface area contributed by atoms with Crippen molar-refractivity contribution in [2.24, 2.45) is 9.98 Å². The minimum absolute atomic E-state index is 1.01. The molecule has 1 aromatic rings. The number of thioether (sulfide) groups is 1. The van der Waals surface area contributed by atoms with E-state index in [2.05, 4.69) is 22.1 Å². The van der Waals surface area contributed by atoms with Crippen LogP contribution in [0.15, 0.2) is 27.0 Å². The molecule has 58 valence electrons. The van der Waals surface area contributed by atoms with Crippen molar-refractivity contribution in [2.75, 3.05) is 5.75 Å². The molecule has 3 heteroatoms. The van der Waals surface area contributed by atoms with Crippen molar-refractivity contribution in [1.29, 1.82) is 0 Å². The molecule has 2 aliphatic rings. The maximum absolute atomic E-state index is 4.24. The standard InChI is InChI=1S/C9H6N2S/c1-2-7-8(11-5-10-7)9-6(1)3-4-12-9/h1-3,5H,4H2. The second kappa shape index (κ2) is 2.20. The van der Waals surface area contributed by atoms with E-state index in [-0.39, 0.29) is 0 Å². The van der Waals surface area contributed by atoms with Gasteiger partial charge in [0.15, 0.2) is 0 Å². The first-order chi connectivity index (χ1) is 5.95. The Labute approximate surface area is 73.7 Å². The number of aliphatic imine (C=N–C) groups is 1. The van der Waals surface area contributed by atoms with Crippen LogP contribution in [0.1, 0.15) is 0 Å². The van der Waals surface area contributed by atoms with Crippen LogP contribution in [-0.2, 0) is 0 Å². The summed E-state index contributed by atoms with van der Waals surface area (Å²) in [4.78, 5) is 9.69. The van der Waals surface area contributed by atoms with E-state index >= 15 is 0 Å². The fourth-order valence-electron chi connectivity index (χ4n) is 1.48. The molecule has 2 aliphatic heterocycles. The predicted octanol–water partition coefficient (Wildman–Crippen LogP) is 0.866. The van der Waals surface area contributed by atoms with E-state index < -0.39 is 0 Å². The van der Waals surface area contributed by atoms with E-state index in [1.165, 1.54) is 10.1 Å². The molecule has 0 amide bonds. The molecule has 0 atom stereocenters. The average molecular weight is 174 g/mol. The average Bonchev–Trinajstić information content (AvgIpc) is 2.71. The fraction of sp³-hybridized carbons (Fsp3) is 0.111. The lowest BCUT2D eigenvalue weighted by Gasteiger charge is -1.96. The van der Waals surface area contributed by atoms with E-state index in [1.807, 2.05) is 17.8 Å². The van der Waals surface area contributed by atoms with Crippen molar-refractivity contribution >= 4 is 29.9 Å². The maximum atomic E-state index is 4.24. The van der Waals surface area contributed by atoms with Gasteiger partial charge in [-0.15, -0.1) is 11.8 Å². The molecule has 0 aromatic heterocycles. The maximum Gasteiger partial charge on any atom is 0.116 e. The van der Waals surface area contributed by atoms with Crippen LogP contribution in [0.25, 0.3) is 6.08 Å². The topological polar surface area (TPSA) is 24.7 Å². The van der Waals surface area contributed by atoms with Crippen LogP contribution in [-0.4, -0.2) is 12.1 Å². The van der Waals surface area contributed by atoms with Gasteiger partial charge in [-0.3, -0.25) is 0 Å². The summed E-state index contributed by atoms with van der Waals surface area (Å²) in [6.07, 6.45) is 3.86. The van der Waals surface area contributed by atoms with Crippen LogP contribution in [0, 0.1) is 0 Å². The Bertz CT molecular complexity index is 488. The molecule has 1 aromatic carbocycles. The molecule has 3 rings (SSSR count). The SMILES string of the molecule is C1=Nc2c3c(ccc2=N1)=CCS3. The zero-order valence-corrected chi connectivity index (χ0v) is 7.14. The highest BCUT2D eigenvalue weighted by Gasteiger charge is 2.11.